The van der Waals surface area contributed by atoms with E-state index in [1.807, 2.05) is 0 Å². The van der Waals surface area contributed by atoms with Gasteiger partial charge in [0.25, 0.3) is 0 Å². The molecular formula is C17H22F2O4. The van der Waals surface area contributed by atoms with Gasteiger partial charge in [0.05, 0.1) is 0 Å². The normalized spacial score (nSPS) is 38.3. The molecule has 4 rings (SSSR count). The number of hydrogen-bond acceptors (Lipinski definition) is 4. The molecule has 0 radical (unpaired) electrons. The third-order valence-corrected chi connectivity index (χ3v) is 5.28. The Hall–Kier alpha value is -1.46. The number of rotatable bonds is 4. The van der Waals surface area contributed by atoms with Crippen LogP contribution in [-0.2, 0) is 19.1 Å². The second-order valence-electron chi connectivity index (χ2n) is 7.77. The lowest BCUT2D eigenvalue weighted by molar-refractivity contribution is -0.239. The average Bonchev–Trinajstić information content (AvgIpc) is 2.34. The molecule has 0 aromatic rings. The molecule has 4 nitrogen and oxygen atoms in total. The van der Waals surface area contributed by atoms with Crippen LogP contribution in [0.25, 0.3) is 0 Å². The zero-order valence-corrected chi connectivity index (χ0v) is 13.5. The number of halogens is 2. The quantitative estimate of drug-likeness (QED) is 0.586. The van der Waals surface area contributed by atoms with Crippen LogP contribution in [0, 0.1) is 11.8 Å². The summed E-state index contributed by atoms with van der Waals surface area (Å²) in [7, 11) is 0. The van der Waals surface area contributed by atoms with Crippen LogP contribution in [0.4, 0.5) is 8.78 Å². The summed E-state index contributed by atoms with van der Waals surface area (Å²) in [6, 6.07) is 0. The van der Waals surface area contributed by atoms with E-state index in [1.54, 1.807) is 6.92 Å². The van der Waals surface area contributed by atoms with Crippen LogP contribution in [0.5, 0.6) is 0 Å². The van der Waals surface area contributed by atoms with Gasteiger partial charge in [-0.05, 0) is 50.9 Å². The second kappa shape index (κ2) is 5.02. The fourth-order valence-electron chi connectivity index (χ4n) is 4.90. The lowest BCUT2D eigenvalue weighted by Gasteiger charge is -2.60. The highest BCUT2D eigenvalue weighted by atomic mass is 19.3. The molecule has 0 amide bonds. The van der Waals surface area contributed by atoms with Crippen LogP contribution in [0.2, 0.25) is 0 Å². The van der Waals surface area contributed by atoms with Gasteiger partial charge in [-0.1, -0.05) is 6.58 Å². The van der Waals surface area contributed by atoms with Crippen LogP contribution in [0.15, 0.2) is 12.2 Å². The third kappa shape index (κ3) is 3.00. The molecule has 4 fully saturated rings. The smallest absolute Gasteiger partial charge is 0.377 e. The molecule has 4 bridgehead atoms. The Labute approximate surface area is 134 Å². The van der Waals surface area contributed by atoms with E-state index in [1.165, 1.54) is 0 Å². The number of hydrogen-bond donors (Lipinski definition) is 0. The summed E-state index contributed by atoms with van der Waals surface area (Å²) >= 11 is 0. The van der Waals surface area contributed by atoms with Crippen molar-refractivity contribution in [3.05, 3.63) is 12.2 Å². The molecule has 128 valence electrons. The molecule has 4 aliphatic rings. The van der Waals surface area contributed by atoms with Crippen molar-refractivity contribution in [3.8, 4) is 0 Å². The van der Waals surface area contributed by atoms with Crippen LogP contribution in [-0.4, -0.2) is 29.1 Å². The summed E-state index contributed by atoms with van der Waals surface area (Å²) in [6.45, 7) is 5.72. The third-order valence-electron chi connectivity index (χ3n) is 5.28. The van der Waals surface area contributed by atoms with Crippen molar-refractivity contribution >= 4 is 11.9 Å². The Bertz CT molecular complexity index is 549. The number of ether oxygens (including phenoxy) is 2. The fourth-order valence-corrected chi connectivity index (χ4v) is 4.90. The lowest BCUT2D eigenvalue weighted by atomic mass is 9.52. The van der Waals surface area contributed by atoms with Crippen molar-refractivity contribution in [3.63, 3.8) is 0 Å². The van der Waals surface area contributed by atoms with Gasteiger partial charge >= 0.3 is 17.9 Å². The van der Waals surface area contributed by atoms with E-state index in [2.05, 4.69) is 6.58 Å². The Kier molecular flexibility index (Phi) is 3.58. The first-order valence-electron chi connectivity index (χ1n) is 8.03. The molecular weight excluding hydrogens is 306 g/mol. The van der Waals surface area contributed by atoms with E-state index >= 15 is 0 Å². The summed E-state index contributed by atoms with van der Waals surface area (Å²) in [6.07, 6.45) is 3.88. The van der Waals surface area contributed by atoms with Crippen LogP contribution in [0.1, 0.15) is 52.4 Å². The van der Waals surface area contributed by atoms with Gasteiger partial charge in [0.1, 0.15) is 11.2 Å². The zero-order chi connectivity index (χ0) is 17.0. The minimum Gasteiger partial charge on any atom is -0.456 e. The molecule has 0 aliphatic heterocycles. The highest BCUT2D eigenvalue weighted by molar-refractivity contribution is 5.87. The van der Waals surface area contributed by atoms with Crippen molar-refractivity contribution in [2.24, 2.45) is 11.8 Å². The highest BCUT2D eigenvalue weighted by Crippen LogP contribution is 2.60. The van der Waals surface area contributed by atoms with Gasteiger partial charge in [-0.25, -0.2) is 9.59 Å². The van der Waals surface area contributed by atoms with Crippen molar-refractivity contribution in [1.82, 2.24) is 0 Å². The SMILES string of the molecule is C=C(C)C(=O)OC12CC3CC(C1)CC(OC(=O)C(C)(F)F)(C3)C2. The van der Waals surface area contributed by atoms with E-state index in [0.29, 0.717) is 44.6 Å². The van der Waals surface area contributed by atoms with Gasteiger partial charge in [-0.15, -0.1) is 0 Å². The largest absolute Gasteiger partial charge is 0.456 e. The Morgan fingerprint density at radius 2 is 1.57 bits per heavy atom. The van der Waals surface area contributed by atoms with Gasteiger partial charge in [-0.2, -0.15) is 8.78 Å². The molecule has 0 aromatic heterocycles. The summed E-state index contributed by atoms with van der Waals surface area (Å²) in [5, 5.41) is 0. The monoisotopic (exact) mass is 328 g/mol. The molecule has 2 unspecified atom stereocenters. The first-order chi connectivity index (χ1) is 10.5. The van der Waals surface area contributed by atoms with Crippen LogP contribution < -0.4 is 0 Å². The molecule has 4 saturated carbocycles. The van der Waals surface area contributed by atoms with Crippen LogP contribution >= 0.6 is 0 Å². The standard InChI is InChI=1S/C17H22F2O4/c1-10(2)13(20)22-16-5-11-4-12(6-16)8-17(7-11,9-16)23-14(21)15(3,18)19/h11-12H,1,4-9H2,2-3H3. The number of alkyl halides is 2. The van der Waals surface area contributed by atoms with Gasteiger partial charge in [0, 0.05) is 18.9 Å². The zero-order valence-electron chi connectivity index (χ0n) is 13.5. The molecule has 0 spiro atoms. The van der Waals surface area contributed by atoms with Crippen molar-refractivity contribution in [1.29, 1.82) is 0 Å². The Morgan fingerprint density at radius 3 is 2.00 bits per heavy atom. The minimum atomic E-state index is -3.51. The maximum absolute atomic E-state index is 13.2. The van der Waals surface area contributed by atoms with Crippen molar-refractivity contribution in [2.45, 2.75) is 69.5 Å². The fraction of sp³-hybridized carbons (Fsp3) is 0.765. The minimum absolute atomic E-state index is 0.243. The predicted octanol–water partition coefficient (Wildman–Crippen LogP) is 3.40. The first kappa shape index (κ1) is 16.4. The van der Waals surface area contributed by atoms with E-state index in [4.69, 9.17) is 9.47 Å². The number of carbonyl (C=O) groups excluding carboxylic acids is 2. The molecule has 0 N–H and O–H groups in total. The molecule has 0 saturated heterocycles. The molecule has 0 heterocycles. The summed E-state index contributed by atoms with van der Waals surface area (Å²) < 4.78 is 37.4. The van der Waals surface area contributed by atoms with Gasteiger partial charge in [0.15, 0.2) is 0 Å². The molecule has 0 aromatic carbocycles. The highest BCUT2D eigenvalue weighted by Gasteiger charge is 2.62. The topological polar surface area (TPSA) is 52.6 Å². The average molecular weight is 328 g/mol. The molecule has 23 heavy (non-hydrogen) atoms. The number of carbonyl (C=O) groups is 2. The Balaban J connectivity index is 1.83. The van der Waals surface area contributed by atoms with E-state index < -0.39 is 29.1 Å². The summed E-state index contributed by atoms with van der Waals surface area (Å²) in [5.74, 6) is -4.97. The van der Waals surface area contributed by atoms with Gasteiger partial charge in [-0.3, -0.25) is 0 Å². The van der Waals surface area contributed by atoms with E-state index in [0.717, 1.165) is 6.42 Å². The van der Waals surface area contributed by atoms with E-state index in [-0.39, 0.29) is 11.8 Å². The van der Waals surface area contributed by atoms with E-state index in [9.17, 15) is 18.4 Å². The molecule has 4 aliphatic carbocycles. The molecule has 2 atom stereocenters. The van der Waals surface area contributed by atoms with Crippen molar-refractivity contribution < 1.29 is 27.8 Å². The lowest BCUT2D eigenvalue weighted by Crippen LogP contribution is -2.62. The maximum Gasteiger partial charge on any atom is 0.377 e. The van der Waals surface area contributed by atoms with Gasteiger partial charge < -0.3 is 9.47 Å². The number of esters is 2. The van der Waals surface area contributed by atoms with Crippen LogP contribution in [0.3, 0.4) is 0 Å². The Morgan fingerprint density at radius 1 is 1.09 bits per heavy atom. The summed E-state index contributed by atoms with van der Waals surface area (Å²) in [5.41, 5.74) is -1.31. The maximum atomic E-state index is 13.2. The first-order valence-corrected chi connectivity index (χ1v) is 8.03. The summed E-state index contributed by atoms with van der Waals surface area (Å²) in [4.78, 5) is 23.7. The predicted molar refractivity (Wildman–Crippen MR) is 77.8 cm³/mol. The second-order valence-corrected chi connectivity index (χ2v) is 7.77. The molecule has 6 heteroatoms. The van der Waals surface area contributed by atoms with Gasteiger partial charge in [0.2, 0.25) is 0 Å². The van der Waals surface area contributed by atoms with Crippen molar-refractivity contribution in [2.75, 3.05) is 0 Å².